The van der Waals surface area contributed by atoms with Crippen LogP contribution in [0, 0.1) is 0 Å². The van der Waals surface area contributed by atoms with E-state index in [2.05, 4.69) is 25.9 Å². The maximum atomic E-state index is 10.8. The van der Waals surface area contributed by atoms with Crippen molar-refractivity contribution in [1.82, 2.24) is 0 Å². The quantitative estimate of drug-likeness (QED) is 0.638. The Bertz CT molecular complexity index is 668. The van der Waals surface area contributed by atoms with Gasteiger partial charge in [-0.3, -0.25) is 0 Å². The van der Waals surface area contributed by atoms with E-state index in [1.807, 2.05) is 6.07 Å². The van der Waals surface area contributed by atoms with Crippen molar-refractivity contribution >= 4 is 28.1 Å². The molecule has 98 valence electrons. The van der Waals surface area contributed by atoms with Crippen molar-refractivity contribution in [1.29, 1.82) is 0 Å². The molecule has 20 heavy (non-hydrogen) atoms. The molecular weight excluding hydrogens is 320 g/mol. The van der Waals surface area contributed by atoms with E-state index in [0.717, 1.165) is 4.47 Å². The Hall–Kier alpha value is -2.32. The highest BCUT2D eigenvalue weighted by Crippen LogP contribution is 2.35. The minimum absolute atomic E-state index is 0.582. The van der Waals surface area contributed by atoms with Gasteiger partial charge in [0.2, 0.25) is 17.8 Å². The Morgan fingerprint density at radius 2 is 1.30 bits per heavy atom. The molecule has 0 aliphatic carbocycles. The monoisotopic (exact) mass is 328 g/mol. The van der Waals surface area contributed by atoms with Gasteiger partial charge in [0.1, 0.15) is 0 Å². The van der Waals surface area contributed by atoms with Gasteiger partial charge >= 0.3 is 0 Å². The molecule has 4 nitrogen and oxygen atoms in total. The lowest BCUT2D eigenvalue weighted by atomic mass is 9.92. The van der Waals surface area contributed by atoms with E-state index < -0.39 is 5.66 Å². The zero-order valence-corrected chi connectivity index (χ0v) is 11.9. The first-order chi connectivity index (χ1) is 9.73. The molecule has 2 aromatic carbocycles. The number of isocyanates is 2. The Balaban J connectivity index is 2.74. The topological polar surface area (TPSA) is 58.9 Å². The summed E-state index contributed by atoms with van der Waals surface area (Å²) in [6, 6.07) is 15.9. The number of aliphatic imine (C=N–C) groups is 2. The molecule has 0 saturated carbocycles. The maximum absolute atomic E-state index is 10.8. The molecule has 0 bridgehead atoms. The van der Waals surface area contributed by atoms with E-state index in [-0.39, 0.29) is 0 Å². The number of nitrogens with zero attached hydrogens (tertiary/aromatic N) is 2. The molecule has 2 rings (SSSR count). The van der Waals surface area contributed by atoms with Crippen molar-refractivity contribution in [3.8, 4) is 0 Å². The van der Waals surface area contributed by atoms with Crippen molar-refractivity contribution < 1.29 is 9.59 Å². The van der Waals surface area contributed by atoms with Gasteiger partial charge in [-0.2, -0.15) is 9.98 Å². The molecule has 0 spiro atoms. The first kappa shape index (κ1) is 14.1. The average Bonchev–Trinajstić information content (AvgIpc) is 2.48. The lowest BCUT2D eigenvalue weighted by Crippen LogP contribution is -2.22. The summed E-state index contributed by atoms with van der Waals surface area (Å²) >= 11 is 3.33. The van der Waals surface area contributed by atoms with Crippen LogP contribution in [-0.4, -0.2) is 12.2 Å². The highest BCUT2D eigenvalue weighted by Gasteiger charge is 2.34. The summed E-state index contributed by atoms with van der Waals surface area (Å²) in [6.07, 6.45) is 2.99. The van der Waals surface area contributed by atoms with Gasteiger partial charge in [-0.25, -0.2) is 9.59 Å². The largest absolute Gasteiger partial charge is 0.238 e. The van der Waals surface area contributed by atoms with Gasteiger partial charge in [-0.1, -0.05) is 58.4 Å². The van der Waals surface area contributed by atoms with Crippen molar-refractivity contribution in [3.63, 3.8) is 0 Å². The van der Waals surface area contributed by atoms with E-state index in [4.69, 9.17) is 0 Å². The van der Waals surface area contributed by atoms with Crippen LogP contribution in [0.15, 0.2) is 69.1 Å². The fraction of sp³-hybridized carbons (Fsp3) is 0.0667. The van der Waals surface area contributed by atoms with Gasteiger partial charge in [0.15, 0.2) is 0 Å². The van der Waals surface area contributed by atoms with Gasteiger partial charge in [0.05, 0.1) is 0 Å². The van der Waals surface area contributed by atoms with Gasteiger partial charge in [0.25, 0.3) is 0 Å². The molecule has 5 heteroatoms. The molecule has 0 unspecified atom stereocenters. The lowest BCUT2D eigenvalue weighted by Gasteiger charge is -2.23. The van der Waals surface area contributed by atoms with E-state index >= 15 is 0 Å². The second kappa shape index (κ2) is 6.22. The van der Waals surface area contributed by atoms with Crippen molar-refractivity contribution in [2.75, 3.05) is 0 Å². The van der Waals surface area contributed by atoms with Crippen molar-refractivity contribution in [3.05, 3.63) is 70.2 Å². The standard InChI is InChI=1S/C15H9BrN2O2/c16-14-8-6-13(7-9-14)15(17-10-19,18-11-20)12-4-2-1-3-5-12/h1-9H. The molecule has 0 aliphatic rings. The van der Waals surface area contributed by atoms with Crippen LogP contribution in [-0.2, 0) is 15.3 Å². The lowest BCUT2D eigenvalue weighted by molar-refractivity contribution is 0.516. The summed E-state index contributed by atoms with van der Waals surface area (Å²) in [5.74, 6) is 0. The summed E-state index contributed by atoms with van der Waals surface area (Å²) in [6.45, 7) is 0. The van der Waals surface area contributed by atoms with Gasteiger partial charge < -0.3 is 0 Å². The fourth-order valence-corrected chi connectivity index (χ4v) is 2.20. The SMILES string of the molecule is O=C=NC(N=C=O)(c1ccccc1)c1ccc(Br)cc1. The van der Waals surface area contributed by atoms with E-state index in [9.17, 15) is 9.59 Å². The molecule has 0 aromatic heterocycles. The Morgan fingerprint density at radius 3 is 1.80 bits per heavy atom. The Kier molecular flexibility index (Phi) is 4.38. The molecule has 0 heterocycles. The number of carbonyl (C=O) groups excluding carboxylic acids is 2. The second-order valence-corrected chi connectivity index (χ2v) is 4.87. The molecule has 0 N–H and O–H groups in total. The van der Waals surface area contributed by atoms with Crippen LogP contribution in [0.3, 0.4) is 0 Å². The number of hydrogen-bond donors (Lipinski definition) is 0. The van der Waals surface area contributed by atoms with E-state index in [0.29, 0.717) is 11.1 Å². The smallest absolute Gasteiger partial charge is 0.211 e. The van der Waals surface area contributed by atoms with Gasteiger partial charge in [-0.15, -0.1) is 0 Å². The zero-order chi connectivity index (χ0) is 14.4. The van der Waals surface area contributed by atoms with Crippen LogP contribution >= 0.6 is 15.9 Å². The molecule has 0 saturated heterocycles. The van der Waals surface area contributed by atoms with Crippen molar-refractivity contribution in [2.45, 2.75) is 5.66 Å². The summed E-state index contributed by atoms with van der Waals surface area (Å²) in [7, 11) is 0. The molecule has 0 fully saturated rings. The first-order valence-corrected chi connectivity index (χ1v) is 6.52. The molecular formula is C15H9BrN2O2. The van der Waals surface area contributed by atoms with Gasteiger partial charge in [-0.05, 0) is 12.1 Å². The normalized spacial score (nSPS) is 12.7. The van der Waals surface area contributed by atoms with Crippen LogP contribution in [0.25, 0.3) is 0 Å². The minimum atomic E-state index is -1.44. The van der Waals surface area contributed by atoms with Crippen molar-refractivity contribution in [2.24, 2.45) is 9.98 Å². The molecule has 2 aromatic rings. The summed E-state index contributed by atoms with van der Waals surface area (Å²) < 4.78 is 0.869. The molecule has 0 atom stereocenters. The van der Waals surface area contributed by atoms with E-state index in [1.165, 1.54) is 12.2 Å². The average molecular weight is 329 g/mol. The summed E-state index contributed by atoms with van der Waals surface area (Å²) in [5.41, 5.74) is -0.265. The third-order valence-corrected chi connectivity index (χ3v) is 3.37. The van der Waals surface area contributed by atoms with Crippen LogP contribution in [0.4, 0.5) is 0 Å². The number of hydrogen-bond acceptors (Lipinski definition) is 4. The van der Waals surface area contributed by atoms with Crippen LogP contribution in [0.5, 0.6) is 0 Å². The number of rotatable bonds is 4. The predicted molar refractivity (Wildman–Crippen MR) is 77.6 cm³/mol. The van der Waals surface area contributed by atoms with Crippen LogP contribution in [0.1, 0.15) is 11.1 Å². The Morgan fingerprint density at radius 1 is 0.800 bits per heavy atom. The third kappa shape index (κ3) is 2.65. The molecule has 0 radical (unpaired) electrons. The molecule has 0 amide bonds. The predicted octanol–water partition coefficient (Wildman–Crippen LogP) is 3.32. The fourth-order valence-electron chi connectivity index (χ4n) is 1.93. The summed E-state index contributed by atoms with van der Waals surface area (Å²) in [5, 5.41) is 0. The third-order valence-electron chi connectivity index (χ3n) is 2.84. The second-order valence-electron chi connectivity index (χ2n) is 3.95. The maximum Gasteiger partial charge on any atom is 0.238 e. The highest BCUT2D eigenvalue weighted by molar-refractivity contribution is 9.10. The minimum Gasteiger partial charge on any atom is -0.211 e. The van der Waals surface area contributed by atoms with E-state index in [1.54, 1.807) is 48.5 Å². The summed E-state index contributed by atoms with van der Waals surface area (Å²) in [4.78, 5) is 29.2. The first-order valence-electron chi connectivity index (χ1n) is 5.72. The number of benzene rings is 2. The van der Waals surface area contributed by atoms with Gasteiger partial charge in [0, 0.05) is 15.6 Å². The number of halogens is 1. The Labute approximate surface area is 124 Å². The highest BCUT2D eigenvalue weighted by atomic mass is 79.9. The van der Waals surface area contributed by atoms with Crippen LogP contribution < -0.4 is 0 Å². The zero-order valence-electron chi connectivity index (χ0n) is 10.3. The molecule has 0 aliphatic heterocycles. The van der Waals surface area contributed by atoms with Crippen LogP contribution in [0.2, 0.25) is 0 Å².